The Labute approximate surface area is 101 Å². The standard InChI is InChI=1S/C13H17N3O/c1-11-10-13(14)16(15-11)8-5-9-17-12-6-3-2-4-7-12/h2-4,6-7,10H,5,8-9,14H2,1H3. The minimum absolute atomic E-state index is 0.669. The largest absolute Gasteiger partial charge is 0.494 e. The van der Waals surface area contributed by atoms with Gasteiger partial charge in [-0.15, -0.1) is 0 Å². The van der Waals surface area contributed by atoms with Gasteiger partial charge in [0.05, 0.1) is 12.3 Å². The summed E-state index contributed by atoms with van der Waals surface area (Å²) in [5.41, 5.74) is 6.74. The highest BCUT2D eigenvalue weighted by Crippen LogP contribution is 2.09. The number of hydrogen-bond acceptors (Lipinski definition) is 3. The minimum atomic E-state index is 0.669. The Kier molecular flexibility index (Phi) is 3.65. The van der Waals surface area contributed by atoms with Gasteiger partial charge in [0.25, 0.3) is 0 Å². The van der Waals surface area contributed by atoms with Crippen molar-refractivity contribution in [3.05, 3.63) is 42.1 Å². The van der Waals surface area contributed by atoms with Crippen molar-refractivity contribution in [1.82, 2.24) is 9.78 Å². The summed E-state index contributed by atoms with van der Waals surface area (Å²) in [6, 6.07) is 11.7. The second kappa shape index (κ2) is 5.39. The van der Waals surface area contributed by atoms with Gasteiger partial charge < -0.3 is 10.5 Å². The van der Waals surface area contributed by atoms with Gasteiger partial charge in [0.15, 0.2) is 0 Å². The summed E-state index contributed by atoms with van der Waals surface area (Å²) in [4.78, 5) is 0. The fraction of sp³-hybridized carbons (Fsp3) is 0.308. The number of hydrogen-bond donors (Lipinski definition) is 1. The molecule has 0 aliphatic carbocycles. The zero-order valence-corrected chi connectivity index (χ0v) is 9.97. The molecule has 0 atom stereocenters. The minimum Gasteiger partial charge on any atom is -0.494 e. The molecule has 0 aliphatic rings. The number of rotatable bonds is 5. The summed E-state index contributed by atoms with van der Waals surface area (Å²) in [7, 11) is 0. The predicted molar refractivity (Wildman–Crippen MR) is 67.9 cm³/mol. The lowest BCUT2D eigenvalue weighted by Crippen LogP contribution is -2.08. The van der Waals surface area contributed by atoms with Gasteiger partial charge in [-0.1, -0.05) is 18.2 Å². The van der Waals surface area contributed by atoms with Crippen LogP contribution in [0.5, 0.6) is 5.75 Å². The Bertz CT molecular complexity index is 465. The third-order valence-corrected chi connectivity index (χ3v) is 2.46. The maximum atomic E-state index is 5.79. The Morgan fingerprint density at radius 3 is 2.71 bits per heavy atom. The Hall–Kier alpha value is -1.97. The van der Waals surface area contributed by atoms with E-state index in [1.165, 1.54) is 0 Å². The molecule has 2 N–H and O–H groups in total. The SMILES string of the molecule is Cc1cc(N)n(CCCOc2ccccc2)n1. The molecular weight excluding hydrogens is 214 g/mol. The third-order valence-electron chi connectivity index (χ3n) is 2.46. The molecule has 4 nitrogen and oxygen atoms in total. The van der Waals surface area contributed by atoms with Crippen LogP contribution in [-0.4, -0.2) is 16.4 Å². The van der Waals surface area contributed by atoms with Crippen LogP contribution in [0.3, 0.4) is 0 Å². The van der Waals surface area contributed by atoms with Gasteiger partial charge in [0.2, 0.25) is 0 Å². The van der Waals surface area contributed by atoms with Crippen molar-refractivity contribution in [3.8, 4) is 5.75 Å². The molecule has 2 aromatic rings. The van der Waals surface area contributed by atoms with Crippen LogP contribution in [0, 0.1) is 6.92 Å². The molecule has 0 saturated heterocycles. The molecule has 1 aromatic carbocycles. The Morgan fingerprint density at radius 1 is 1.29 bits per heavy atom. The number of benzene rings is 1. The molecule has 0 fully saturated rings. The van der Waals surface area contributed by atoms with E-state index in [0.717, 1.165) is 24.4 Å². The van der Waals surface area contributed by atoms with Crippen LogP contribution in [0.4, 0.5) is 5.82 Å². The monoisotopic (exact) mass is 231 g/mol. The van der Waals surface area contributed by atoms with Gasteiger partial charge in [0, 0.05) is 19.0 Å². The van der Waals surface area contributed by atoms with Crippen LogP contribution < -0.4 is 10.5 Å². The summed E-state index contributed by atoms with van der Waals surface area (Å²) in [5.74, 6) is 1.61. The van der Waals surface area contributed by atoms with Crippen molar-refractivity contribution < 1.29 is 4.74 Å². The van der Waals surface area contributed by atoms with E-state index in [4.69, 9.17) is 10.5 Å². The van der Waals surface area contributed by atoms with Crippen molar-refractivity contribution in [2.75, 3.05) is 12.3 Å². The molecular formula is C13H17N3O. The van der Waals surface area contributed by atoms with Crippen LogP contribution in [0.1, 0.15) is 12.1 Å². The number of para-hydroxylation sites is 1. The third kappa shape index (κ3) is 3.24. The van der Waals surface area contributed by atoms with Crippen LogP contribution in [0.2, 0.25) is 0 Å². The maximum absolute atomic E-state index is 5.79. The van der Waals surface area contributed by atoms with Crippen LogP contribution >= 0.6 is 0 Å². The first-order chi connectivity index (χ1) is 8.25. The number of nitrogens with zero attached hydrogens (tertiary/aromatic N) is 2. The molecule has 0 spiro atoms. The van der Waals surface area contributed by atoms with E-state index in [9.17, 15) is 0 Å². The summed E-state index contributed by atoms with van der Waals surface area (Å²) in [6.07, 6.45) is 0.889. The average molecular weight is 231 g/mol. The number of aryl methyl sites for hydroxylation is 2. The van der Waals surface area contributed by atoms with E-state index in [0.29, 0.717) is 12.4 Å². The van der Waals surface area contributed by atoms with Gasteiger partial charge in [-0.25, -0.2) is 4.68 Å². The Balaban J connectivity index is 1.75. The lowest BCUT2D eigenvalue weighted by molar-refractivity contribution is 0.299. The van der Waals surface area contributed by atoms with Crippen LogP contribution in [-0.2, 0) is 6.54 Å². The number of nitrogen functional groups attached to an aromatic ring is 1. The molecule has 0 bridgehead atoms. The lowest BCUT2D eigenvalue weighted by Gasteiger charge is -2.06. The zero-order valence-electron chi connectivity index (χ0n) is 9.97. The van der Waals surface area contributed by atoms with Crippen LogP contribution in [0.15, 0.2) is 36.4 Å². The van der Waals surface area contributed by atoms with Gasteiger partial charge >= 0.3 is 0 Å². The van der Waals surface area contributed by atoms with Crippen molar-refractivity contribution in [1.29, 1.82) is 0 Å². The van der Waals surface area contributed by atoms with E-state index in [1.54, 1.807) is 0 Å². The summed E-state index contributed by atoms with van der Waals surface area (Å²) in [6.45, 7) is 3.39. The average Bonchev–Trinajstić information content (AvgIpc) is 2.65. The summed E-state index contributed by atoms with van der Waals surface area (Å²) in [5, 5.41) is 4.29. The fourth-order valence-electron chi connectivity index (χ4n) is 1.67. The summed E-state index contributed by atoms with van der Waals surface area (Å²) < 4.78 is 7.40. The molecule has 0 saturated carbocycles. The van der Waals surface area contributed by atoms with Gasteiger partial charge in [0.1, 0.15) is 11.6 Å². The first kappa shape index (κ1) is 11.5. The quantitative estimate of drug-likeness (QED) is 0.803. The van der Waals surface area contributed by atoms with Crippen molar-refractivity contribution in [2.24, 2.45) is 0 Å². The summed E-state index contributed by atoms with van der Waals surface area (Å²) >= 11 is 0. The molecule has 0 unspecified atom stereocenters. The highest BCUT2D eigenvalue weighted by molar-refractivity contribution is 5.30. The smallest absolute Gasteiger partial charge is 0.121 e. The molecule has 4 heteroatoms. The molecule has 90 valence electrons. The van der Waals surface area contributed by atoms with E-state index in [1.807, 2.05) is 48.0 Å². The lowest BCUT2D eigenvalue weighted by atomic mass is 10.3. The normalized spacial score (nSPS) is 10.4. The van der Waals surface area contributed by atoms with E-state index in [-0.39, 0.29) is 0 Å². The maximum Gasteiger partial charge on any atom is 0.121 e. The number of ether oxygens (including phenoxy) is 1. The van der Waals surface area contributed by atoms with Gasteiger partial charge in [-0.05, 0) is 19.1 Å². The predicted octanol–water partition coefficient (Wildman–Crippen LogP) is 2.24. The first-order valence-corrected chi connectivity index (χ1v) is 5.73. The van der Waals surface area contributed by atoms with Crippen LogP contribution in [0.25, 0.3) is 0 Å². The topological polar surface area (TPSA) is 53.1 Å². The number of nitrogens with two attached hydrogens (primary N) is 1. The molecule has 17 heavy (non-hydrogen) atoms. The fourth-order valence-corrected chi connectivity index (χ4v) is 1.67. The molecule has 0 radical (unpaired) electrons. The first-order valence-electron chi connectivity index (χ1n) is 5.73. The zero-order chi connectivity index (χ0) is 12.1. The molecule has 2 rings (SSSR count). The second-order valence-corrected chi connectivity index (χ2v) is 3.95. The van der Waals surface area contributed by atoms with E-state index >= 15 is 0 Å². The molecule has 0 aliphatic heterocycles. The van der Waals surface area contributed by atoms with Crippen molar-refractivity contribution in [2.45, 2.75) is 19.9 Å². The number of anilines is 1. The van der Waals surface area contributed by atoms with Gasteiger partial charge in [-0.3, -0.25) is 0 Å². The van der Waals surface area contributed by atoms with E-state index < -0.39 is 0 Å². The Morgan fingerprint density at radius 2 is 2.06 bits per heavy atom. The molecule has 1 heterocycles. The second-order valence-electron chi connectivity index (χ2n) is 3.95. The highest BCUT2D eigenvalue weighted by Gasteiger charge is 2.00. The van der Waals surface area contributed by atoms with Gasteiger partial charge in [-0.2, -0.15) is 5.10 Å². The molecule has 0 amide bonds. The van der Waals surface area contributed by atoms with Crippen molar-refractivity contribution in [3.63, 3.8) is 0 Å². The number of aromatic nitrogens is 2. The van der Waals surface area contributed by atoms with Crippen molar-refractivity contribution >= 4 is 5.82 Å². The van der Waals surface area contributed by atoms with E-state index in [2.05, 4.69) is 5.10 Å². The highest BCUT2D eigenvalue weighted by atomic mass is 16.5. The molecule has 1 aromatic heterocycles.